The average Bonchev–Trinajstić information content (AvgIpc) is 2.81. The number of allylic oxidation sites excluding steroid dienone is 2. The summed E-state index contributed by atoms with van der Waals surface area (Å²) in [7, 11) is 1.59. The summed E-state index contributed by atoms with van der Waals surface area (Å²) in [6, 6.07) is 10.7. The SMILES string of the molecule is COCc1cccc(-c2ccc(O)c3c2C[C@H]2C[C@H]4CC(O)=C(C(N)=O)C(=O)[C@@]4(O)C(O)=C2C3=O)c1. The van der Waals surface area contributed by atoms with E-state index >= 15 is 0 Å². The number of fused-ring (bicyclic) bond motifs is 3. The van der Waals surface area contributed by atoms with Gasteiger partial charge in [-0.25, -0.2) is 0 Å². The van der Waals surface area contributed by atoms with Crippen molar-refractivity contribution in [2.45, 2.75) is 31.5 Å². The van der Waals surface area contributed by atoms with Gasteiger partial charge in [-0.1, -0.05) is 24.3 Å². The van der Waals surface area contributed by atoms with Crippen molar-refractivity contribution in [2.75, 3.05) is 7.11 Å². The Morgan fingerprint density at radius 2 is 1.89 bits per heavy atom. The fourth-order valence-electron chi connectivity index (χ4n) is 5.89. The normalized spacial score (nSPS) is 25.4. The predicted molar refractivity (Wildman–Crippen MR) is 127 cm³/mol. The Kier molecular flexibility index (Phi) is 5.50. The quantitative estimate of drug-likeness (QED) is 0.406. The van der Waals surface area contributed by atoms with E-state index < -0.39 is 52.0 Å². The molecule has 9 nitrogen and oxygen atoms in total. The third-order valence-electron chi connectivity index (χ3n) is 7.49. The molecule has 0 fully saturated rings. The van der Waals surface area contributed by atoms with Gasteiger partial charge >= 0.3 is 0 Å². The number of nitrogens with two attached hydrogens (primary N) is 1. The van der Waals surface area contributed by atoms with Crippen LogP contribution in [0.3, 0.4) is 0 Å². The molecule has 3 aliphatic rings. The van der Waals surface area contributed by atoms with Gasteiger partial charge in [0.1, 0.15) is 22.8 Å². The zero-order valence-corrected chi connectivity index (χ0v) is 19.4. The highest BCUT2D eigenvalue weighted by molar-refractivity contribution is 6.24. The van der Waals surface area contributed by atoms with Gasteiger partial charge in [0.15, 0.2) is 11.4 Å². The third-order valence-corrected chi connectivity index (χ3v) is 7.49. The summed E-state index contributed by atoms with van der Waals surface area (Å²) in [4.78, 5) is 38.5. The molecule has 2 aromatic carbocycles. The maximum atomic E-state index is 13.7. The minimum atomic E-state index is -2.57. The van der Waals surface area contributed by atoms with Crippen LogP contribution in [0.2, 0.25) is 0 Å². The fraction of sp³-hybridized carbons (Fsp3) is 0.296. The van der Waals surface area contributed by atoms with Crippen molar-refractivity contribution in [1.29, 1.82) is 0 Å². The third kappa shape index (κ3) is 3.27. The molecule has 3 atom stereocenters. The number of aliphatic hydroxyl groups is 3. The molecule has 6 N–H and O–H groups in total. The van der Waals surface area contributed by atoms with Crippen molar-refractivity contribution in [2.24, 2.45) is 17.6 Å². The van der Waals surface area contributed by atoms with Crippen molar-refractivity contribution in [3.8, 4) is 16.9 Å². The molecule has 186 valence electrons. The van der Waals surface area contributed by atoms with Crippen LogP contribution in [0, 0.1) is 11.8 Å². The largest absolute Gasteiger partial charge is 0.511 e. The maximum absolute atomic E-state index is 13.7. The van der Waals surface area contributed by atoms with E-state index in [2.05, 4.69) is 0 Å². The molecule has 3 aliphatic carbocycles. The van der Waals surface area contributed by atoms with Crippen LogP contribution in [0.5, 0.6) is 5.75 Å². The summed E-state index contributed by atoms with van der Waals surface area (Å²) in [5.74, 6) is -6.43. The second-order valence-electron chi connectivity index (χ2n) is 9.53. The van der Waals surface area contributed by atoms with Gasteiger partial charge in [0.2, 0.25) is 5.78 Å². The molecule has 0 radical (unpaired) electrons. The van der Waals surface area contributed by atoms with Gasteiger partial charge in [-0.3, -0.25) is 14.4 Å². The number of carbonyl (C=O) groups is 3. The van der Waals surface area contributed by atoms with Gasteiger partial charge in [0, 0.05) is 25.0 Å². The van der Waals surface area contributed by atoms with Crippen molar-refractivity contribution >= 4 is 17.5 Å². The zero-order chi connectivity index (χ0) is 25.9. The van der Waals surface area contributed by atoms with Gasteiger partial charge in [-0.2, -0.15) is 0 Å². The molecule has 2 aromatic rings. The molecule has 0 bridgehead atoms. The molecule has 0 unspecified atom stereocenters. The van der Waals surface area contributed by atoms with Gasteiger partial charge in [0.05, 0.1) is 12.2 Å². The standard InChI is InChI=1S/C27H25NO8/c1-36-11-12-3-2-4-13(7-12)16-5-6-18(29)21-17(16)9-14-8-15-10-19(30)22(26(28)34)25(33)27(15,35)24(32)20(14)23(21)31/h2-7,14-15,29-30,32,35H,8-11H2,1H3,(H2,28,34)/t14-,15+,27+/m1/s1. The molecule has 5 rings (SSSR count). The molecule has 36 heavy (non-hydrogen) atoms. The van der Waals surface area contributed by atoms with E-state index in [0.29, 0.717) is 12.2 Å². The van der Waals surface area contributed by atoms with Gasteiger partial charge in [-0.15, -0.1) is 0 Å². The molecule has 0 heterocycles. The fourth-order valence-corrected chi connectivity index (χ4v) is 5.89. The van der Waals surface area contributed by atoms with E-state index in [1.54, 1.807) is 13.2 Å². The summed E-state index contributed by atoms with van der Waals surface area (Å²) in [5.41, 5.74) is 4.72. The van der Waals surface area contributed by atoms with Crippen LogP contribution in [0.1, 0.15) is 34.3 Å². The number of ketones is 2. The summed E-state index contributed by atoms with van der Waals surface area (Å²) in [6.07, 6.45) is 0.0652. The first kappa shape index (κ1) is 23.8. The highest BCUT2D eigenvalue weighted by Gasteiger charge is 2.59. The lowest BCUT2D eigenvalue weighted by atomic mass is 9.60. The number of ether oxygens (including phenoxy) is 1. The number of carbonyl (C=O) groups excluding carboxylic acids is 3. The molecule has 0 aliphatic heterocycles. The topological polar surface area (TPSA) is 167 Å². The molecule has 0 saturated carbocycles. The first-order valence-electron chi connectivity index (χ1n) is 11.5. The number of phenolic OH excluding ortho intramolecular Hbond substituents is 1. The van der Waals surface area contributed by atoms with E-state index in [-0.39, 0.29) is 36.1 Å². The number of primary amides is 1. The summed E-state index contributed by atoms with van der Waals surface area (Å²) >= 11 is 0. The number of rotatable bonds is 4. The minimum absolute atomic E-state index is 0.0127. The smallest absolute Gasteiger partial charge is 0.255 e. The highest BCUT2D eigenvalue weighted by atomic mass is 16.5. The lowest BCUT2D eigenvalue weighted by Gasteiger charge is -2.45. The molecule has 0 spiro atoms. The molecule has 1 amide bonds. The van der Waals surface area contributed by atoms with Crippen LogP contribution in [-0.2, 0) is 27.4 Å². The Morgan fingerprint density at radius 3 is 2.58 bits per heavy atom. The molecule has 0 saturated heterocycles. The highest BCUT2D eigenvalue weighted by Crippen LogP contribution is 2.52. The molecule has 9 heteroatoms. The first-order chi connectivity index (χ1) is 17.1. The van der Waals surface area contributed by atoms with E-state index in [0.717, 1.165) is 16.7 Å². The van der Waals surface area contributed by atoms with Gasteiger partial charge in [0.25, 0.3) is 5.91 Å². The van der Waals surface area contributed by atoms with Crippen molar-refractivity contribution in [3.05, 3.63) is 75.8 Å². The molecular weight excluding hydrogens is 466 g/mol. The van der Waals surface area contributed by atoms with Crippen LogP contribution < -0.4 is 5.73 Å². The zero-order valence-electron chi connectivity index (χ0n) is 19.4. The van der Waals surface area contributed by atoms with Crippen LogP contribution in [0.25, 0.3) is 11.1 Å². The van der Waals surface area contributed by atoms with Crippen molar-refractivity contribution < 1.29 is 39.5 Å². The maximum Gasteiger partial charge on any atom is 0.255 e. The van der Waals surface area contributed by atoms with Crippen LogP contribution >= 0.6 is 0 Å². The van der Waals surface area contributed by atoms with E-state index in [9.17, 15) is 34.8 Å². The second kappa shape index (κ2) is 8.32. The first-order valence-corrected chi connectivity index (χ1v) is 11.5. The Bertz CT molecular complexity index is 1400. The second-order valence-corrected chi connectivity index (χ2v) is 9.53. The number of hydrogen-bond acceptors (Lipinski definition) is 8. The number of hydrogen-bond donors (Lipinski definition) is 5. The van der Waals surface area contributed by atoms with Gasteiger partial charge < -0.3 is 30.9 Å². The number of aromatic hydroxyl groups is 1. The van der Waals surface area contributed by atoms with E-state index in [1.165, 1.54) is 6.07 Å². The number of benzene rings is 2. The summed E-state index contributed by atoms with van der Waals surface area (Å²) in [6.45, 7) is 0.398. The molecule has 0 aromatic heterocycles. The number of phenols is 1. The number of methoxy groups -OCH3 is 1. The van der Waals surface area contributed by atoms with Crippen molar-refractivity contribution in [3.63, 3.8) is 0 Å². The van der Waals surface area contributed by atoms with E-state index in [1.807, 2.05) is 24.3 Å². The number of Topliss-reactive ketones (excluding diaryl/α,β-unsaturated/α-hetero) is 2. The van der Waals surface area contributed by atoms with E-state index in [4.69, 9.17) is 10.5 Å². The lowest BCUT2D eigenvalue weighted by molar-refractivity contribution is -0.144. The van der Waals surface area contributed by atoms with Crippen LogP contribution in [0.4, 0.5) is 0 Å². The Morgan fingerprint density at radius 1 is 1.14 bits per heavy atom. The average molecular weight is 491 g/mol. The summed E-state index contributed by atoms with van der Waals surface area (Å²) < 4.78 is 5.22. The van der Waals surface area contributed by atoms with Crippen molar-refractivity contribution in [1.82, 2.24) is 0 Å². The predicted octanol–water partition coefficient (Wildman–Crippen LogP) is 2.39. The van der Waals surface area contributed by atoms with Crippen LogP contribution in [0.15, 0.2) is 59.1 Å². The van der Waals surface area contributed by atoms with Gasteiger partial charge in [-0.05, 0) is 53.1 Å². The monoisotopic (exact) mass is 491 g/mol. The number of aliphatic hydroxyl groups excluding tert-OH is 2. The Hall–Kier alpha value is -3.95. The van der Waals surface area contributed by atoms with Crippen LogP contribution in [-0.4, -0.2) is 50.6 Å². The lowest BCUT2D eigenvalue weighted by Crippen LogP contribution is -2.57. The Labute approximate surface area is 206 Å². The summed E-state index contributed by atoms with van der Waals surface area (Å²) in [5, 5.41) is 43.4. The Balaban J connectivity index is 1.66. The minimum Gasteiger partial charge on any atom is -0.511 e. The molecular formula is C27H25NO8. The number of amides is 1.